The summed E-state index contributed by atoms with van der Waals surface area (Å²) in [5, 5.41) is 2.64. The van der Waals surface area contributed by atoms with E-state index in [0.717, 1.165) is 37.6 Å². The van der Waals surface area contributed by atoms with E-state index in [-0.39, 0.29) is 11.7 Å². The molecular weight excluding hydrogens is 361 g/mol. The lowest BCUT2D eigenvalue weighted by molar-refractivity contribution is 0.148. The molecule has 0 aliphatic carbocycles. The number of anilines is 1. The van der Waals surface area contributed by atoms with Crippen molar-refractivity contribution in [1.29, 1.82) is 0 Å². The molecule has 150 valence electrons. The second-order valence-electron chi connectivity index (χ2n) is 6.68. The first-order chi connectivity index (χ1) is 13.6. The summed E-state index contributed by atoms with van der Waals surface area (Å²) in [6.45, 7) is 3.71. The highest BCUT2D eigenvalue weighted by Gasteiger charge is 2.21. The Bertz CT molecular complexity index is 807. The van der Waals surface area contributed by atoms with E-state index in [1.807, 2.05) is 18.2 Å². The number of nitrogens with one attached hydrogen (secondary N) is 1. The van der Waals surface area contributed by atoms with Gasteiger partial charge in [-0.1, -0.05) is 18.2 Å². The Kier molecular flexibility index (Phi) is 6.71. The minimum Gasteiger partial charge on any atom is -0.493 e. The zero-order valence-electron chi connectivity index (χ0n) is 16.3. The lowest BCUT2D eigenvalue weighted by atomic mass is 10.1. The van der Waals surface area contributed by atoms with Gasteiger partial charge in [0.05, 0.1) is 19.9 Å². The van der Waals surface area contributed by atoms with Crippen molar-refractivity contribution in [3.05, 3.63) is 53.8 Å². The van der Waals surface area contributed by atoms with Gasteiger partial charge in [0.2, 0.25) is 0 Å². The Hall–Kier alpha value is -2.80. The fourth-order valence-corrected chi connectivity index (χ4v) is 3.25. The van der Waals surface area contributed by atoms with Gasteiger partial charge in [-0.15, -0.1) is 0 Å². The van der Waals surface area contributed by atoms with Crippen LogP contribution in [0.3, 0.4) is 0 Å². The molecule has 0 spiro atoms. The monoisotopic (exact) mass is 387 g/mol. The Morgan fingerprint density at radius 1 is 1.04 bits per heavy atom. The molecule has 1 N–H and O–H groups in total. The summed E-state index contributed by atoms with van der Waals surface area (Å²) >= 11 is 0. The number of carbonyl (C=O) groups excluding carboxylic acids is 1. The standard InChI is InChI=1S/C21H26FN3O3/c1-27-19-8-7-16(15-20(19)28-2)9-10-24-11-13-25(14-12-24)21(26)23-18-6-4-3-5-17(18)22/h3-8,15H,9-14H2,1-2H3,(H,23,26). The number of piperazine rings is 1. The Morgan fingerprint density at radius 3 is 2.43 bits per heavy atom. The number of benzene rings is 2. The number of halogens is 1. The summed E-state index contributed by atoms with van der Waals surface area (Å²) in [6, 6.07) is 11.9. The second-order valence-corrected chi connectivity index (χ2v) is 6.68. The van der Waals surface area contributed by atoms with Crippen molar-refractivity contribution < 1.29 is 18.7 Å². The summed E-state index contributed by atoms with van der Waals surface area (Å²) in [5.74, 6) is 1.03. The van der Waals surface area contributed by atoms with Gasteiger partial charge in [-0.2, -0.15) is 0 Å². The van der Waals surface area contributed by atoms with Gasteiger partial charge in [-0.05, 0) is 36.2 Å². The predicted octanol–water partition coefficient (Wildman–Crippen LogP) is 3.24. The highest BCUT2D eigenvalue weighted by atomic mass is 19.1. The molecule has 0 radical (unpaired) electrons. The third-order valence-corrected chi connectivity index (χ3v) is 4.94. The number of hydrogen-bond donors (Lipinski definition) is 1. The maximum Gasteiger partial charge on any atom is 0.322 e. The van der Waals surface area contributed by atoms with Crippen LogP contribution in [0.2, 0.25) is 0 Å². The summed E-state index contributed by atoms with van der Waals surface area (Å²) in [4.78, 5) is 16.4. The zero-order chi connectivity index (χ0) is 19.9. The molecule has 0 bridgehead atoms. The topological polar surface area (TPSA) is 54.0 Å². The van der Waals surface area contributed by atoms with Crippen LogP contribution in [0.4, 0.5) is 14.9 Å². The van der Waals surface area contributed by atoms with E-state index in [0.29, 0.717) is 13.1 Å². The van der Waals surface area contributed by atoms with Crippen molar-refractivity contribution >= 4 is 11.7 Å². The highest BCUT2D eigenvalue weighted by Crippen LogP contribution is 2.27. The summed E-state index contributed by atoms with van der Waals surface area (Å²) in [5.41, 5.74) is 1.39. The molecule has 0 saturated carbocycles. The van der Waals surface area contributed by atoms with Crippen LogP contribution in [0.5, 0.6) is 11.5 Å². The number of ether oxygens (including phenoxy) is 2. The number of para-hydroxylation sites is 1. The second kappa shape index (κ2) is 9.41. The van der Waals surface area contributed by atoms with Gasteiger partial charge in [-0.3, -0.25) is 4.90 Å². The molecule has 0 atom stereocenters. The fraction of sp³-hybridized carbons (Fsp3) is 0.381. The van der Waals surface area contributed by atoms with Crippen LogP contribution in [-0.2, 0) is 6.42 Å². The van der Waals surface area contributed by atoms with Crippen LogP contribution < -0.4 is 14.8 Å². The molecule has 0 unspecified atom stereocenters. The average Bonchev–Trinajstić information content (AvgIpc) is 2.74. The molecule has 3 rings (SSSR count). The van der Waals surface area contributed by atoms with Crippen LogP contribution in [0, 0.1) is 5.82 Å². The number of hydrogen-bond acceptors (Lipinski definition) is 4. The van der Waals surface area contributed by atoms with Crippen molar-refractivity contribution in [2.75, 3.05) is 52.3 Å². The molecule has 6 nitrogen and oxygen atoms in total. The number of urea groups is 1. The Morgan fingerprint density at radius 2 is 1.75 bits per heavy atom. The van der Waals surface area contributed by atoms with E-state index in [1.54, 1.807) is 37.3 Å². The minimum absolute atomic E-state index is 0.211. The van der Waals surface area contributed by atoms with E-state index in [2.05, 4.69) is 10.2 Å². The number of methoxy groups -OCH3 is 2. The fourth-order valence-electron chi connectivity index (χ4n) is 3.25. The quantitative estimate of drug-likeness (QED) is 0.827. The molecule has 1 aliphatic heterocycles. The molecule has 2 aromatic rings. The van der Waals surface area contributed by atoms with Gasteiger partial charge >= 0.3 is 6.03 Å². The van der Waals surface area contributed by atoms with Gasteiger partial charge in [0.25, 0.3) is 0 Å². The van der Waals surface area contributed by atoms with Crippen LogP contribution in [0.1, 0.15) is 5.56 Å². The van der Waals surface area contributed by atoms with Crippen LogP contribution in [-0.4, -0.2) is 62.8 Å². The van der Waals surface area contributed by atoms with Crippen molar-refractivity contribution in [2.24, 2.45) is 0 Å². The zero-order valence-corrected chi connectivity index (χ0v) is 16.3. The maximum absolute atomic E-state index is 13.7. The Balaban J connectivity index is 1.46. The molecular formula is C21H26FN3O3. The van der Waals surface area contributed by atoms with E-state index >= 15 is 0 Å². The summed E-state index contributed by atoms with van der Waals surface area (Å²) in [6.07, 6.45) is 0.891. The van der Waals surface area contributed by atoms with Gasteiger partial charge in [-0.25, -0.2) is 9.18 Å². The van der Waals surface area contributed by atoms with Crippen molar-refractivity contribution in [3.63, 3.8) is 0 Å². The number of rotatable bonds is 6. The summed E-state index contributed by atoms with van der Waals surface area (Å²) < 4.78 is 24.3. The van der Waals surface area contributed by atoms with Crippen molar-refractivity contribution in [2.45, 2.75) is 6.42 Å². The van der Waals surface area contributed by atoms with E-state index in [4.69, 9.17) is 9.47 Å². The third-order valence-electron chi connectivity index (χ3n) is 4.94. The van der Waals surface area contributed by atoms with Crippen LogP contribution >= 0.6 is 0 Å². The van der Waals surface area contributed by atoms with Crippen molar-refractivity contribution in [3.8, 4) is 11.5 Å². The minimum atomic E-state index is -0.426. The molecule has 1 fully saturated rings. The lowest BCUT2D eigenvalue weighted by Gasteiger charge is -2.34. The molecule has 1 heterocycles. The first-order valence-corrected chi connectivity index (χ1v) is 9.34. The Labute approximate surface area is 164 Å². The van der Waals surface area contributed by atoms with Gasteiger partial charge in [0.1, 0.15) is 5.82 Å². The number of nitrogens with zero attached hydrogens (tertiary/aromatic N) is 2. The SMILES string of the molecule is COc1ccc(CCN2CCN(C(=O)Nc3ccccc3F)CC2)cc1OC. The van der Waals surface area contributed by atoms with Crippen LogP contribution in [0.25, 0.3) is 0 Å². The predicted molar refractivity (Wildman–Crippen MR) is 107 cm³/mol. The van der Waals surface area contributed by atoms with Gasteiger partial charge in [0, 0.05) is 32.7 Å². The highest BCUT2D eigenvalue weighted by molar-refractivity contribution is 5.89. The first-order valence-electron chi connectivity index (χ1n) is 9.34. The van der Waals surface area contributed by atoms with E-state index < -0.39 is 5.82 Å². The molecule has 28 heavy (non-hydrogen) atoms. The maximum atomic E-state index is 13.7. The first kappa shape index (κ1) is 19.9. The average molecular weight is 387 g/mol. The molecule has 7 heteroatoms. The number of carbonyl (C=O) groups is 1. The molecule has 2 amide bonds. The van der Waals surface area contributed by atoms with E-state index in [1.165, 1.54) is 11.6 Å². The molecule has 2 aromatic carbocycles. The van der Waals surface area contributed by atoms with Crippen LogP contribution in [0.15, 0.2) is 42.5 Å². The molecule has 1 aliphatic rings. The van der Waals surface area contributed by atoms with E-state index in [9.17, 15) is 9.18 Å². The third kappa shape index (κ3) is 4.92. The lowest BCUT2D eigenvalue weighted by Crippen LogP contribution is -2.50. The normalized spacial score (nSPS) is 14.6. The van der Waals surface area contributed by atoms with Gasteiger partial charge < -0.3 is 19.7 Å². The number of amides is 2. The summed E-state index contributed by atoms with van der Waals surface area (Å²) in [7, 11) is 3.26. The largest absolute Gasteiger partial charge is 0.493 e. The smallest absolute Gasteiger partial charge is 0.322 e. The molecule has 1 saturated heterocycles. The van der Waals surface area contributed by atoms with Gasteiger partial charge in [0.15, 0.2) is 11.5 Å². The van der Waals surface area contributed by atoms with Crippen molar-refractivity contribution in [1.82, 2.24) is 9.80 Å². The molecule has 0 aromatic heterocycles.